The van der Waals surface area contributed by atoms with Crippen LogP contribution >= 0.6 is 15.9 Å². The van der Waals surface area contributed by atoms with Gasteiger partial charge in [0.2, 0.25) is 0 Å². The first-order chi connectivity index (χ1) is 6.69. The summed E-state index contributed by atoms with van der Waals surface area (Å²) in [7, 11) is 1.80. The minimum Gasteiger partial charge on any atom is -0.337 e. The molecule has 0 radical (unpaired) electrons. The molecule has 0 saturated carbocycles. The Hall–Kier alpha value is -0.840. The highest BCUT2D eigenvalue weighted by atomic mass is 79.9. The fourth-order valence-electron chi connectivity index (χ4n) is 1.20. The van der Waals surface area contributed by atoms with Gasteiger partial charge in [-0.05, 0) is 13.0 Å². The quantitative estimate of drug-likeness (QED) is 0.765. The van der Waals surface area contributed by atoms with Crippen LogP contribution < -0.4 is 0 Å². The topological polar surface area (TPSA) is 38.1 Å². The highest BCUT2D eigenvalue weighted by molar-refractivity contribution is 9.09. The molecule has 0 bridgehead atoms. The molecule has 0 aromatic carbocycles. The number of halogens is 1. The summed E-state index contributed by atoms with van der Waals surface area (Å²) in [6.07, 6.45) is 1.77. The molecule has 14 heavy (non-hydrogen) atoms. The molecule has 0 spiro atoms. The van der Waals surface area contributed by atoms with Crippen LogP contribution in [0.4, 0.5) is 0 Å². The first-order valence-electron chi connectivity index (χ1n) is 4.54. The summed E-state index contributed by atoms with van der Waals surface area (Å²) < 4.78 is 1.63. The van der Waals surface area contributed by atoms with E-state index in [4.69, 9.17) is 0 Å². The first-order valence-corrected chi connectivity index (χ1v) is 5.66. The molecule has 78 valence electrons. The van der Waals surface area contributed by atoms with Gasteiger partial charge in [-0.25, -0.2) is 0 Å². The summed E-state index contributed by atoms with van der Waals surface area (Å²) >= 11 is 3.32. The fourth-order valence-corrected chi connectivity index (χ4v) is 1.62. The maximum atomic E-state index is 11.8. The predicted molar refractivity (Wildman–Crippen MR) is 58.6 cm³/mol. The van der Waals surface area contributed by atoms with E-state index in [1.807, 2.05) is 6.92 Å². The molecule has 0 fully saturated rings. The van der Waals surface area contributed by atoms with Crippen molar-refractivity contribution in [2.75, 3.05) is 18.4 Å². The number of rotatable bonds is 4. The number of aromatic nitrogens is 2. The number of aryl methyl sites for hydroxylation is 1. The standard InChI is InChI=1S/C9H14BrN3O/c1-3-13(7-5-10)9(14)8-4-6-12(2)11-8/h4,6H,3,5,7H2,1-2H3. The molecule has 1 rings (SSSR count). The third-order valence-electron chi connectivity index (χ3n) is 1.96. The molecule has 1 amide bonds. The minimum atomic E-state index is -0.00690. The molecule has 1 heterocycles. The summed E-state index contributed by atoms with van der Waals surface area (Å²) in [5, 5.41) is 4.86. The zero-order valence-electron chi connectivity index (χ0n) is 8.40. The van der Waals surface area contributed by atoms with Gasteiger partial charge in [-0.1, -0.05) is 15.9 Å². The molecular formula is C9H14BrN3O. The van der Waals surface area contributed by atoms with Crippen molar-refractivity contribution in [2.24, 2.45) is 7.05 Å². The lowest BCUT2D eigenvalue weighted by atomic mass is 10.3. The van der Waals surface area contributed by atoms with Crippen LogP contribution in [0.25, 0.3) is 0 Å². The number of hydrogen-bond donors (Lipinski definition) is 0. The van der Waals surface area contributed by atoms with Crippen molar-refractivity contribution in [3.05, 3.63) is 18.0 Å². The lowest BCUT2D eigenvalue weighted by Crippen LogP contribution is -2.32. The summed E-state index contributed by atoms with van der Waals surface area (Å²) in [6, 6.07) is 1.74. The van der Waals surface area contributed by atoms with Crippen molar-refractivity contribution in [1.82, 2.24) is 14.7 Å². The van der Waals surface area contributed by atoms with Gasteiger partial charge in [-0.3, -0.25) is 9.48 Å². The van der Waals surface area contributed by atoms with Crippen LogP contribution in [-0.2, 0) is 7.05 Å². The molecule has 5 heteroatoms. The first kappa shape index (κ1) is 11.2. The molecular weight excluding hydrogens is 246 g/mol. The van der Waals surface area contributed by atoms with Crippen LogP contribution in [-0.4, -0.2) is 39.0 Å². The Labute approximate surface area is 92.0 Å². The van der Waals surface area contributed by atoms with Crippen LogP contribution in [0.5, 0.6) is 0 Å². The Morgan fingerprint density at radius 2 is 2.43 bits per heavy atom. The van der Waals surface area contributed by atoms with Gasteiger partial charge < -0.3 is 4.90 Å². The van der Waals surface area contributed by atoms with E-state index in [9.17, 15) is 4.79 Å². The summed E-state index contributed by atoms with van der Waals surface area (Å²) in [6.45, 7) is 3.39. The third kappa shape index (κ3) is 2.57. The average molecular weight is 260 g/mol. The van der Waals surface area contributed by atoms with Crippen molar-refractivity contribution >= 4 is 21.8 Å². The molecule has 1 aromatic rings. The molecule has 0 saturated heterocycles. The maximum Gasteiger partial charge on any atom is 0.274 e. The summed E-state index contributed by atoms with van der Waals surface area (Å²) in [4.78, 5) is 13.6. The van der Waals surface area contributed by atoms with Crippen molar-refractivity contribution in [3.63, 3.8) is 0 Å². The van der Waals surface area contributed by atoms with Gasteiger partial charge in [0.15, 0.2) is 0 Å². The zero-order valence-corrected chi connectivity index (χ0v) is 9.99. The van der Waals surface area contributed by atoms with Crippen LogP contribution in [0, 0.1) is 0 Å². The monoisotopic (exact) mass is 259 g/mol. The molecule has 0 atom stereocenters. The Morgan fingerprint density at radius 3 is 2.86 bits per heavy atom. The van der Waals surface area contributed by atoms with E-state index in [1.165, 1.54) is 0 Å². The van der Waals surface area contributed by atoms with Gasteiger partial charge in [0.25, 0.3) is 5.91 Å². The number of alkyl halides is 1. The van der Waals surface area contributed by atoms with E-state index in [2.05, 4.69) is 21.0 Å². The fraction of sp³-hybridized carbons (Fsp3) is 0.556. The van der Waals surface area contributed by atoms with Gasteiger partial charge >= 0.3 is 0 Å². The molecule has 0 N–H and O–H groups in total. The molecule has 4 nitrogen and oxygen atoms in total. The molecule has 0 unspecified atom stereocenters. The number of carbonyl (C=O) groups excluding carboxylic acids is 1. The van der Waals surface area contributed by atoms with E-state index in [1.54, 1.807) is 28.9 Å². The Bertz CT molecular complexity index is 311. The number of carbonyl (C=O) groups is 1. The Kier molecular flexibility index (Phi) is 4.13. The normalized spacial score (nSPS) is 10.2. The van der Waals surface area contributed by atoms with E-state index in [0.717, 1.165) is 5.33 Å². The molecule has 1 aromatic heterocycles. The lowest BCUT2D eigenvalue weighted by Gasteiger charge is -2.17. The summed E-state index contributed by atoms with van der Waals surface area (Å²) in [5.41, 5.74) is 0.510. The predicted octanol–water partition coefficient (Wildman–Crippen LogP) is 1.28. The highest BCUT2D eigenvalue weighted by Gasteiger charge is 2.15. The molecule has 0 aliphatic carbocycles. The number of nitrogens with zero attached hydrogens (tertiary/aromatic N) is 3. The van der Waals surface area contributed by atoms with Crippen LogP contribution in [0.3, 0.4) is 0 Å². The third-order valence-corrected chi connectivity index (χ3v) is 2.31. The second-order valence-corrected chi connectivity index (χ2v) is 3.74. The van der Waals surface area contributed by atoms with Gasteiger partial charge in [-0.2, -0.15) is 5.10 Å². The van der Waals surface area contributed by atoms with Crippen LogP contribution in [0.1, 0.15) is 17.4 Å². The van der Waals surface area contributed by atoms with E-state index < -0.39 is 0 Å². The SMILES string of the molecule is CCN(CCBr)C(=O)c1ccn(C)n1. The van der Waals surface area contributed by atoms with Gasteiger partial charge in [0.05, 0.1) is 0 Å². The summed E-state index contributed by atoms with van der Waals surface area (Å²) in [5.74, 6) is -0.00690. The Balaban J connectivity index is 2.72. The van der Waals surface area contributed by atoms with Crippen molar-refractivity contribution in [3.8, 4) is 0 Å². The van der Waals surface area contributed by atoms with Gasteiger partial charge in [-0.15, -0.1) is 0 Å². The lowest BCUT2D eigenvalue weighted by molar-refractivity contribution is 0.0768. The van der Waals surface area contributed by atoms with Crippen LogP contribution in [0.2, 0.25) is 0 Å². The van der Waals surface area contributed by atoms with Gasteiger partial charge in [0.1, 0.15) is 5.69 Å². The van der Waals surface area contributed by atoms with E-state index in [0.29, 0.717) is 18.8 Å². The van der Waals surface area contributed by atoms with Gasteiger partial charge in [0, 0.05) is 31.7 Å². The molecule has 0 aliphatic rings. The highest BCUT2D eigenvalue weighted by Crippen LogP contribution is 2.02. The second kappa shape index (κ2) is 5.14. The number of hydrogen-bond acceptors (Lipinski definition) is 2. The Morgan fingerprint density at radius 1 is 1.71 bits per heavy atom. The number of amides is 1. The van der Waals surface area contributed by atoms with E-state index >= 15 is 0 Å². The molecule has 0 aliphatic heterocycles. The average Bonchev–Trinajstić information content (AvgIpc) is 2.60. The zero-order chi connectivity index (χ0) is 10.6. The second-order valence-electron chi connectivity index (χ2n) is 2.95. The van der Waals surface area contributed by atoms with Crippen molar-refractivity contribution in [1.29, 1.82) is 0 Å². The maximum absolute atomic E-state index is 11.8. The van der Waals surface area contributed by atoms with E-state index in [-0.39, 0.29) is 5.91 Å². The largest absolute Gasteiger partial charge is 0.337 e. The smallest absolute Gasteiger partial charge is 0.274 e. The van der Waals surface area contributed by atoms with Crippen molar-refractivity contribution in [2.45, 2.75) is 6.92 Å². The van der Waals surface area contributed by atoms with Crippen molar-refractivity contribution < 1.29 is 4.79 Å². The minimum absolute atomic E-state index is 0.00690. The van der Waals surface area contributed by atoms with Crippen LogP contribution in [0.15, 0.2) is 12.3 Å².